The molecule has 0 bridgehead atoms. The third-order valence-corrected chi connectivity index (χ3v) is 4.44. The first kappa shape index (κ1) is 10.2. The van der Waals surface area contributed by atoms with Crippen LogP contribution in [0.5, 0.6) is 0 Å². The van der Waals surface area contributed by atoms with Crippen molar-refractivity contribution in [2.75, 3.05) is 6.54 Å². The molecular formula is C12H19NS. The zero-order valence-electron chi connectivity index (χ0n) is 8.99. The van der Waals surface area contributed by atoms with E-state index in [9.17, 15) is 0 Å². The van der Waals surface area contributed by atoms with Crippen LogP contribution in [0.1, 0.15) is 37.5 Å². The molecule has 0 aliphatic heterocycles. The monoisotopic (exact) mass is 209 g/mol. The summed E-state index contributed by atoms with van der Waals surface area (Å²) in [7, 11) is 0. The highest BCUT2D eigenvalue weighted by Crippen LogP contribution is 2.41. The molecule has 0 spiro atoms. The molecular weight excluding hydrogens is 190 g/mol. The molecule has 78 valence electrons. The van der Waals surface area contributed by atoms with Gasteiger partial charge in [-0.2, -0.15) is 0 Å². The fourth-order valence-electron chi connectivity index (χ4n) is 2.62. The molecule has 0 amide bonds. The largest absolute Gasteiger partial charge is 0.314 e. The Balaban J connectivity index is 2.03. The Morgan fingerprint density at radius 3 is 3.00 bits per heavy atom. The summed E-state index contributed by atoms with van der Waals surface area (Å²) in [6.07, 6.45) is 2.71. The van der Waals surface area contributed by atoms with Crippen molar-refractivity contribution < 1.29 is 0 Å². The van der Waals surface area contributed by atoms with Crippen LogP contribution < -0.4 is 5.32 Å². The Morgan fingerprint density at radius 1 is 1.50 bits per heavy atom. The second-order valence-corrected chi connectivity index (χ2v) is 5.20. The lowest BCUT2D eigenvalue weighted by Crippen LogP contribution is -2.31. The molecule has 3 unspecified atom stereocenters. The van der Waals surface area contributed by atoms with Gasteiger partial charge in [0.15, 0.2) is 0 Å². The Kier molecular flexibility index (Phi) is 3.24. The van der Waals surface area contributed by atoms with E-state index in [1.54, 1.807) is 4.88 Å². The Hall–Kier alpha value is -0.340. The topological polar surface area (TPSA) is 12.0 Å². The van der Waals surface area contributed by atoms with Crippen molar-refractivity contribution in [2.45, 2.75) is 38.6 Å². The summed E-state index contributed by atoms with van der Waals surface area (Å²) in [5.41, 5.74) is 0. The van der Waals surface area contributed by atoms with Gasteiger partial charge in [-0.15, -0.1) is 11.3 Å². The maximum Gasteiger partial charge on any atom is 0.00989 e. The highest BCUT2D eigenvalue weighted by molar-refractivity contribution is 7.10. The predicted octanol–water partition coefficient (Wildman–Crippen LogP) is 3.24. The summed E-state index contributed by atoms with van der Waals surface area (Å²) in [6, 6.07) is 5.21. The van der Waals surface area contributed by atoms with E-state index >= 15 is 0 Å². The van der Waals surface area contributed by atoms with Crippen LogP contribution in [0.25, 0.3) is 0 Å². The molecule has 1 heterocycles. The summed E-state index contributed by atoms with van der Waals surface area (Å²) >= 11 is 1.92. The second-order valence-electron chi connectivity index (χ2n) is 4.22. The maximum atomic E-state index is 3.59. The van der Waals surface area contributed by atoms with Crippen LogP contribution in [0.2, 0.25) is 0 Å². The van der Waals surface area contributed by atoms with Gasteiger partial charge in [0, 0.05) is 10.9 Å². The van der Waals surface area contributed by atoms with Crippen molar-refractivity contribution in [2.24, 2.45) is 5.92 Å². The molecule has 0 saturated heterocycles. The van der Waals surface area contributed by atoms with Crippen LogP contribution in [-0.4, -0.2) is 12.6 Å². The summed E-state index contributed by atoms with van der Waals surface area (Å²) in [5, 5.41) is 5.79. The molecule has 0 aromatic carbocycles. The Morgan fingerprint density at radius 2 is 2.36 bits per heavy atom. The normalized spacial score (nSPS) is 32.3. The lowest BCUT2D eigenvalue weighted by atomic mass is 9.94. The van der Waals surface area contributed by atoms with E-state index in [4.69, 9.17) is 0 Å². The minimum atomic E-state index is 0.743. The number of thiophene rings is 1. The van der Waals surface area contributed by atoms with Crippen LogP contribution in [0.4, 0.5) is 0 Å². The van der Waals surface area contributed by atoms with E-state index in [0.717, 1.165) is 24.4 Å². The van der Waals surface area contributed by atoms with E-state index in [2.05, 4.69) is 36.7 Å². The average Bonchev–Trinajstić information content (AvgIpc) is 2.77. The summed E-state index contributed by atoms with van der Waals surface area (Å²) in [6.45, 7) is 5.70. The first-order chi connectivity index (χ1) is 6.83. The highest BCUT2D eigenvalue weighted by Gasteiger charge is 2.33. The van der Waals surface area contributed by atoms with Crippen molar-refractivity contribution >= 4 is 11.3 Å². The van der Waals surface area contributed by atoms with Crippen LogP contribution in [-0.2, 0) is 0 Å². The van der Waals surface area contributed by atoms with Gasteiger partial charge in [0.2, 0.25) is 0 Å². The zero-order chi connectivity index (χ0) is 9.97. The van der Waals surface area contributed by atoms with Crippen molar-refractivity contribution in [1.29, 1.82) is 0 Å². The SMILES string of the molecule is CCNC1CCC(c2cccs2)C1C. The van der Waals surface area contributed by atoms with Crippen LogP contribution in [0.3, 0.4) is 0 Å². The van der Waals surface area contributed by atoms with Gasteiger partial charge >= 0.3 is 0 Å². The van der Waals surface area contributed by atoms with Crippen molar-refractivity contribution in [3.05, 3.63) is 22.4 Å². The van der Waals surface area contributed by atoms with E-state index in [-0.39, 0.29) is 0 Å². The maximum absolute atomic E-state index is 3.59. The van der Waals surface area contributed by atoms with Gasteiger partial charge in [0.05, 0.1) is 0 Å². The van der Waals surface area contributed by atoms with Gasteiger partial charge in [0.25, 0.3) is 0 Å². The first-order valence-electron chi connectivity index (χ1n) is 5.59. The van der Waals surface area contributed by atoms with Crippen LogP contribution >= 0.6 is 11.3 Å². The van der Waals surface area contributed by atoms with Gasteiger partial charge in [-0.05, 0) is 42.7 Å². The van der Waals surface area contributed by atoms with Crippen LogP contribution in [0, 0.1) is 5.92 Å². The molecule has 1 nitrogen and oxygen atoms in total. The van der Waals surface area contributed by atoms with E-state index < -0.39 is 0 Å². The van der Waals surface area contributed by atoms with Gasteiger partial charge in [-0.3, -0.25) is 0 Å². The third kappa shape index (κ3) is 1.86. The number of nitrogens with one attached hydrogen (secondary N) is 1. The van der Waals surface area contributed by atoms with E-state index in [0.29, 0.717) is 0 Å². The number of rotatable bonds is 3. The minimum absolute atomic E-state index is 0.743. The molecule has 1 aliphatic rings. The second kappa shape index (κ2) is 4.45. The van der Waals surface area contributed by atoms with Gasteiger partial charge in [0.1, 0.15) is 0 Å². The molecule has 1 fully saturated rings. The Bertz CT molecular complexity index is 268. The molecule has 1 aromatic rings. The fraction of sp³-hybridized carbons (Fsp3) is 0.667. The molecule has 2 heteroatoms. The molecule has 1 aromatic heterocycles. The average molecular weight is 209 g/mol. The highest BCUT2D eigenvalue weighted by atomic mass is 32.1. The summed E-state index contributed by atoms with van der Waals surface area (Å²) < 4.78 is 0. The standard InChI is InChI=1S/C12H19NS/c1-3-13-11-7-6-10(9(11)2)12-5-4-8-14-12/h4-5,8-11,13H,3,6-7H2,1-2H3. The fourth-order valence-corrected chi connectivity index (χ4v) is 3.60. The minimum Gasteiger partial charge on any atom is -0.314 e. The van der Waals surface area contributed by atoms with Crippen molar-refractivity contribution in [3.63, 3.8) is 0 Å². The predicted molar refractivity (Wildman–Crippen MR) is 62.9 cm³/mol. The van der Waals surface area contributed by atoms with Crippen molar-refractivity contribution in [1.82, 2.24) is 5.32 Å². The zero-order valence-corrected chi connectivity index (χ0v) is 9.81. The lowest BCUT2D eigenvalue weighted by Gasteiger charge is -2.20. The molecule has 1 N–H and O–H groups in total. The lowest BCUT2D eigenvalue weighted by molar-refractivity contribution is 0.414. The van der Waals surface area contributed by atoms with E-state index in [1.807, 2.05) is 11.3 Å². The number of hydrogen-bond acceptors (Lipinski definition) is 2. The summed E-state index contributed by atoms with van der Waals surface area (Å²) in [5.74, 6) is 1.60. The molecule has 1 aliphatic carbocycles. The van der Waals surface area contributed by atoms with Gasteiger partial charge < -0.3 is 5.32 Å². The third-order valence-electron chi connectivity index (χ3n) is 3.43. The molecule has 14 heavy (non-hydrogen) atoms. The molecule has 1 saturated carbocycles. The van der Waals surface area contributed by atoms with Crippen LogP contribution in [0.15, 0.2) is 17.5 Å². The molecule has 3 atom stereocenters. The number of hydrogen-bond donors (Lipinski definition) is 1. The molecule has 2 rings (SSSR count). The smallest absolute Gasteiger partial charge is 0.00989 e. The quantitative estimate of drug-likeness (QED) is 0.806. The van der Waals surface area contributed by atoms with Gasteiger partial charge in [-0.1, -0.05) is 19.9 Å². The first-order valence-corrected chi connectivity index (χ1v) is 6.47. The van der Waals surface area contributed by atoms with Crippen molar-refractivity contribution in [3.8, 4) is 0 Å². The van der Waals surface area contributed by atoms with E-state index in [1.165, 1.54) is 12.8 Å². The van der Waals surface area contributed by atoms with Gasteiger partial charge in [-0.25, -0.2) is 0 Å². The Labute approximate surface area is 90.5 Å². The molecule has 0 radical (unpaired) electrons. The summed E-state index contributed by atoms with van der Waals surface area (Å²) in [4.78, 5) is 1.58.